The summed E-state index contributed by atoms with van der Waals surface area (Å²) >= 11 is 4.77. The number of halogens is 2. The molecule has 0 aromatic heterocycles. The Morgan fingerprint density at radius 2 is 2.38 bits per heavy atom. The van der Waals surface area contributed by atoms with Crippen molar-refractivity contribution in [2.24, 2.45) is 0 Å². The molecule has 0 radical (unpaired) electrons. The molecular formula is C6H6I2. The van der Waals surface area contributed by atoms with Crippen LogP contribution in [0.15, 0.2) is 21.8 Å². The zero-order valence-corrected chi connectivity index (χ0v) is 8.59. The first kappa shape index (κ1) is 7.05. The summed E-state index contributed by atoms with van der Waals surface area (Å²) in [5.74, 6) is 0. The monoisotopic (exact) mass is 332 g/mol. The summed E-state index contributed by atoms with van der Waals surface area (Å²) in [7, 11) is 0. The molecule has 0 bridgehead atoms. The minimum Gasteiger partial charge on any atom is -0.0777 e. The maximum Gasteiger partial charge on any atom is 0.0327 e. The predicted molar refractivity (Wildman–Crippen MR) is 53.7 cm³/mol. The Morgan fingerprint density at radius 1 is 1.62 bits per heavy atom. The first-order chi connectivity index (χ1) is 3.79. The average Bonchev–Trinajstić information content (AvgIpc) is 1.77. The predicted octanol–water partition coefficient (Wildman–Crippen LogP) is 3.07. The molecule has 1 aliphatic rings. The maximum atomic E-state index is 2.43. The highest BCUT2D eigenvalue weighted by atomic mass is 127. The van der Waals surface area contributed by atoms with Crippen LogP contribution < -0.4 is 0 Å². The van der Waals surface area contributed by atoms with Gasteiger partial charge in [0.1, 0.15) is 0 Å². The van der Waals surface area contributed by atoms with Gasteiger partial charge in [-0.2, -0.15) is 0 Å². The lowest BCUT2D eigenvalue weighted by molar-refractivity contribution is 1.09. The summed E-state index contributed by atoms with van der Waals surface area (Å²) in [6, 6.07) is 0. The Balaban J connectivity index is 2.58. The SMILES string of the molecule is IC1=CCC(I)C=C1. The van der Waals surface area contributed by atoms with Crippen LogP contribution in [-0.2, 0) is 0 Å². The van der Waals surface area contributed by atoms with Crippen molar-refractivity contribution in [2.75, 3.05) is 0 Å². The van der Waals surface area contributed by atoms with Crippen LogP contribution in [0.25, 0.3) is 0 Å². The summed E-state index contributed by atoms with van der Waals surface area (Å²) < 4.78 is 2.10. The third-order valence-electron chi connectivity index (χ3n) is 1.00. The molecule has 0 aromatic rings. The molecule has 0 amide bonds. The number of rotatable bonds is 0. The van der Waals surface area contributed by atoms with Gasteiger partial charge in [0.15, 0.2) is 0 Å². The van der Waals surface area contributed by atoms with Crippen LogP contribution in [0.1, 0.15) is 6.42 Å². The number of alkyl halides is 1. The third kappa shape index (κ3) is 2.05. The second-order valence-corrected chi connectivity index (χ2v) is 4.55. The van der Waals surface area contributed by atoms with Crippen LogP contribution in [-0.4, -0.2) is 3.92 Å². The third-order valence-corrected chi connectivity index (χ3v) is 2.73. The molecule has 0 aliphatic heterocycles. The number of hydrogen-bond donors (Lipinski definition) is 0. The highest BCUT2D eigenvalue weighted by Gasteiger charge is 2.00. The number of allylic oxidation sites excluding steroid dienone is 4. The van der Waals surface area contributed by atoms with E-state index in [1.165, 1.54) is 10.0 Å². The van der Waals surface area contributed by atoms with Crippen molar-refractivity contribution < 1.29 is 0 Å². The van der Waals surface area contributed by atoms with Crippen LogP contribution in [0.3, 0.4) is 0 Å². The van der Waals surface area contributed by atoms with Gasteiger partial charge in [-0.3, -0.25) is 0 Å². The molecule has 0 saturated carbocycles. The first-order valence-electron chi connectivity index (χ1n) is 2.47. The van der Waals surface area contributed by atoms with Gasteiger partial charge in [-0.1, -0.05) is 40.8 Å². The van der Waals surface area contributed by atoms with Crippen LogP contribution in [0.4, 0.5) is 0 Å². The van der Waals surface area contributed by atoms with Gasteiger partial charge in [0.05, 0.1) is 0 Å². The Morgan fingerprint density at radius 3 is 2.75 bits per heavy atom. The summed E-state index contributed by atoms with van der Waals surface area (Å²) in [6.45, 7) is 0. The van der Waals surface area contributed by atoms with Gasteiger partial charge >= 0.3 is 0 Å². The summed E-state index contributed by atoms with van der Waals surface area (Å²) in [5, 5.41) is 0. The average molecular weight is 332 g/mol. The van der Waals surface area contributed by atoms with E-state index in [2.05, 4.69) is 63.4 Å². The maximum absolute atomic E-state index is 2.43. The van der Waals surface area contributed by atoms with E-state index in [1.54, 1.807) is 0 Å². The van der Waals surface area contributed by atoms with Gasteiger partial charge in [-0.15, -0.1) is 0 Å². The van der Waals surface area contributed by atoms with E-state index >= 15 is 0 Å². The van der Waals surface area contributed by atoms with Gasteiger partial charge in [-0.05, 0) is 29.0 Å². The highest BCUT2D eigenvalue weighted by Crippen LogP contribution is 2.20. The fraction of sp³-hybridized carbons (Fsp3) is 0.333. The Hall–Kier alpha value is 0.940. The van der Waals surface area contributed by atoms with Crippen molar-refractivity contribution >= 4 is 45.2 Å². The van der Waals surface area contributed by atoms with Gasteiger partial charge in [-0.25, -0.2) is 0 Å². The van der Waals surface area contributed by atoms with Gasteiger partial charge in [0, 0.05) is 7.50 Å². The summed E-state index contributed by atoms with van der Waals surface area (Å²) in [4.78, 5) is 0. The van der Waals surface area contributed by atoms with Crippen LogP contribution in [0.2, 0.25) is 0 Å². The Labute approximate surface area is 76.7 Å². The minimum atomic E-state index is 0.728. The van der Waals surface area contributed by atoms with Crippen molar-refractivity contribution in [2.45, 2.75) is 10.3 Å². The lowest BCUT2D eigenvalue weighted by Gasteiger charge is -2.04. The van der Waals surface area contributed by atoms with Crippen molar-refractivity contribution in [3.05, 3.63) is 21.8 Å². The van der Waals surface area contributed by atoms with Crippen molar-refractivity contribution in [3.8, 4) is 0 Å². The molecule has 2 heteroatoms. The van der Waals surface area contributed by atoms with Crippen LogP contribution in [0, 0.1) is 0 Å². The molecule has 0 saturated heterocycles. The standard InChI is InChI=1S/C6H6I2/c7-5-1-2-6(8)4-3-5/h1-3,6H,4H2. The second-order valence-electron chi connectivity index (χ2n) is 1.70. The van der Waals surface area contributed by atoms with E-state index in [4.69, 9.17) is 0 Å². The van der Waals surface area contributed by atoms with Gasteiger partial charge in [0.25, 0.3) is 0 Å². The molecule has 0 spiro atoms. The molecular weight excluding hydrogens is 326 g/mol. The number of hydrogen-bond acceptors (Lipinski definition) is 0. The van der Waals surface area contributed by atoms with E-state index in [0.717, 1.165) is 3.92 Å². The fourth-order valence-electron chi connectivity index (χ4n) is 0.568. The smallest absolute Gasteiger partial charge is 0.0327 e. The summed E-state index contributed by atoms with van der Waals surface area (Å²) in [6.07, 6.45) is 7.87. The zero-order valence-electron chi connectivity index (χ0n) is 4.27. The van der Waals surface area contributed by atoms with E-state index < -0.39 is 0 Å². The van der Waals surface area contributed by atoms with E-state index in [-0.39, 0.29) is 0 Å². The molecule has 0 fully saturated rings. The molecule has 1 aliphatic carbocycles. The second kappa shape index (κ2) is 3.20. The molecule has 1 atom stereocenters. The fourth-order valence-corrected chi connectivity index (χ4v) is 1.49. The van der Waals surface area contributed by atoms with E-state index in [1.807, 2.05) is 0 Å². The van der Waals surface area contributed by atoms with Gasteiger partial charge in [0.2, 0.25) is 0 Å². The normalized spacial score (nSPS) is 27.8. The molecule has 0 N–H and O–H groups in total. The lowest BCUT2D eigenvalue weighted by Crippen LogP contribution is -1.92. The molecule has 0 heterocycles. The molecule has 0 nitrogen and oxygen atoms in total. The van der Waals surface area contributed by atoms with Crippen molar-refractivity contribution in [1.82, 2.24) is 0 Å². The van der Waals surface area contributed by atoms with Crippen LogP contribution in [0.5, 0.6) is 0 Å². The molecule has 8 heavy (non-hydrogen) atoms. The molecule has 0 aromatic carbocycles. The Bertz CT molecular complexity index is 135. The quantitative estimate of drug-likeness (QED) is 0.473. The largest absolute Gasteiger partial charge is 0.0777 e. The highest BCUT2D eigenvalue weighted by molar-refractivity contribution is 14.1. The lowest BCUT2D eigenvalue weighted by atomic mass is 10.2. The van der Waals surface area contributed by atoms with E-state index in [0.29, 0.717) is 0 Å². The summed E-state index contributed by atoms with van der Waals surface area (Å²) in [5.41, 5.74) is 0. The van der Waals surface area contributed by atoms with Crippen molar-refractivity contribution in [1.29, 1.82) is 0 Å². The minimum absolute atomic E-state index is 0.728. The topological polar surface area (TPSA) is 0 Å². The van der Waals surface area contributed by atoms with Crippen molar-refractivity contribution in [3.63, 3.8) is 0 Å². The molecule has 1 unspecified atom stereocenters. The molecule has 44 valence electrons. The Kier molecular flexibility index (Phi) is 2.82. The van der Waals surface area contributed by atoms with Gasteiger partial charge < -0.3 is 0 Å². The molecule has 1 rings (SSSR count). The van der Waals surface area contributed by atoms with E-state index in [9.17, 15) is 0 Å². The van der Waals surface area contributed by atoms with Crippen LogP contribution >= 0.6 is 45.2 Å². The first-order valence-corrected chi connectivity index (χ1v) is 4.79. The zero-order chi connectivity index (χ0) is 5.98.